The number of amides is 1. The first-order chi connectivity index (χ1) is 16.0. The Bertz CT molecular complexity index is 937. The summed E-state index contributed by atoms with van der Waals surface area (Å²) in [6, 6.07) is 8.71. The number of carbonyl (C=O) groups excluding carboxylic acids is 1. The average Bonchev–Trinajstić information content (AvgIpc) is 3.60. The number of nitriles is 1. The summed E-state index contributed by atoms with van der Waals surface area (Å²) in [4.78, 5) is 20.0. The lowest BCUT2D eigenvalue weighted by atomic mass is 9.89. The second-order valence-electron chi connectivity index (χ2n) is 10.2. The normalized spacial score (nSPS) is 29.6. The highest BCUT2D eigenvalue weighted by Crippen LogP contribution is 2.46. The molecule has 1 amide bonds. The predicted molar refractivity (Wildman–Crippen MR) is 124 cm³/mol. The zero-order valence-electron chi connectivity index (χ0n) is 19.2. The van der Waals surface area contributed by atoms with E-state index < -0.39 is 0 Å². The van der Waals surface area contributed by atoms with Crippen LogP contribution in [0.4, 0.5) is 4.39 Å². The van der Waals surface area contributed by atoms with E-state index in [1.165, 1.54) is 25.0 Å². The molecule has 1 aromatic rings. The summed E-state index contributed by atoms with van der Waals surface area (Å²) in [5.74, 6) is 0.379. The number of likely N-dealkylation sites (tertiary alicyclic amines) is 3. The molecule has 3 heterocycles. The van der Waals surface area contributed by atoms with Crippen LogP contribution in [0.25, 0.3) is 0 Å². The van der Waals surface area contributed by atoms with Crippen molar-refractivity contribution in [2.45, 2.75) is 75.2 Å². The molecule has 0 aromatic heterocycles. The van der Waals surface area contributed by atoms with Gasteiger partial charge in [-0.3, -0.25) is 9.69 Å². The van der Waals surface area contributed by atoms with Crippen LogP contribution < -0.4 is 5.73 Å². The van der Waals surface area contributed by atoms with Crippen molar-refractivity contribution in [3.8, 4) is 6.07 Å². The molecular formula is C26H34FN5O. The van der Waals surface area contributed by atoms with Gasteiger partial charge in [-0.1, -0.05) is 31.6 Å². The van der Waals surface area contributed by atoms with E-state index >= 15 is 0 Å². The van der Waals surface area contributed by atoms with Crippen LogP contribution in [-0.4, -0.2) is 64.4 Å². The minimum Gasteiger partial charge on any atom is -0.358 e. The molecule has 1 saturated carbocycles. The quantitative estimate of drug-likeness (QED) is 0.689. The van der Waals surface area contributed by atoms with Crippen molar-refractivity contribution in [1.29, 1.82) is 5.26 Å². The number of halogens is 1. The van der Waals surface area contributed by atoms with Crippen LogP contribution >= 0.6 is 0 Å². The fraction of sp³-hybridized carbons (Fsp3) is 0.615. The molecule has 4 fully saturated rings. The number of fused-ring (bicyclic) bond motifs is 2. The van der Waals surface area contributed by atoms with Gasteiger partial charge < -0.3 is 15.5 Å². The van der Waals surface area contributed by atoms with Crippen LogP contribution in [0.3, 0.4) is 0 Å². The Balaban J connectivity index is 1.29. The zero-order valence-corrected chi connectivity index (χ0v) is 19.2. The highest BCUT2D eigenvalue weighted by molar-refractivity contribution is 5.86. The molecule has 5 atom stereocenters. The third kappa shape index (κ3) is 4.04. The number of nitrogens with two attached hydrogens (primary N) is 1. The third-order valence-corrected chi connectivity index (χ3v) is 8.30. The fourth-order valence-electron chi connectivity index (χ4n) is 6.66. The molecule has 0 spiro atoms. The van der Waals surface area contributed by atoms with Crippen molar-refractivity contribution in [2.75, 3.05) is 19.6 Å². The summed E-state index contributed by atoms with van der Waals surface area (Å²) in [6.45, 7) is 6.41. The fourth-order valence-corrected chi connectivity index (χ4v) is 6.66. The van der Waals surface area contributed by atoms with Gasteiger partial charge in [0.2, 0.25) is 5.91 Å². The Hall–Kier alpha value is -2.43. The molecule has 1 aliphatic carbocycles. The lowest BCUT2D eigenvalue weighted by molar-refractivity contribution is -0.140. The van der Waals surface area contributed by atoms with Crippen molar-refractivity contribution in [3.05, 3.63) is 47.9 Å². The van der Waals surface area contributed by atoms with Crippen LogP contribution in [0.15, 0.2) is 36.5 Å². The van der Waals surface area contributed by atoms with Crippen molar-refractivity contribution >= 4 is 5.91 Å². The highest BCUT2D eigenvalue weighted by atomic mass is 19.1. The molecular weight excluding hydrogens is 417 g/mol. The van der Waals surface area contributed by atoms with Crippen molar-refractivity contribution in [2.24, 2.45) is 11.7 Å². The van der Waals surface area contributed by atoms with Gasteiger partial charge >= 0.3 is 0 Å². The van der Waals surface area contributed by atoms with Crippen LogP contribution in [0, 0.1) is 23.1 Å². The summed E-state index contributed by atoms with van der Waals surface area (Å²) in [5.41, 5.74) is 8.38. The first-order valence-corrected chi connectivity index (χ1v) is 12.4. The lowest BCUT2D eigenvalue weighted by Gasteiger charge is -2.42. The van der Waals surface area contributed by atoms with E-state index in [9.17, 15) is 14.4 Å². The van der Waals surface area contributed by atoms with E-state index in [0.29, 0.717) is 12.5 Å². The molecule has 6 nitrogen and oxygen atoms in total. The van der Waals surface area contributed by atoms with Gasteiger partial charge in [0, 0.05) is 31.4 Å². The lowest BCUT2D eigenvalue weighted by Crippen LogP contribution is -2.55. The van der Waals surface area contributed by atoms with Gasteiger partial charge in [0.05, 0.1) is 24.2 Å². The third-order valence-electron chi connectivity index (χ3n) is 8.30. The Morgan fingerprint density at radius 2 is 1.94 bits per heavy atom. The predicted octanol–water partition coefficient (Wildman–Crippen LogP) is 3.17. The summed E-state index contributed by atoms with van der Waals surface area (Å²) >= 11 is 0. The largest absolute Gasteiger partial charge is 0.358 e. The maximum Gasteiger partial charge on any atom is 0.240 e. The molecule has 0 radical (unpaired) electrons. The molecule has 2 bridgehead atoms. The molecule has 3 aliphatic heterocycles. The second-order valence-corrected chi connectivity index (χ2v) is 10.2. The summed E-state index contributed by atoms with van der Waals surface area (Å²) < 4.78 is 13.6. The summed E-state index contributed by atoms with van der Waals surface area (Å²) in [6.07, 6.45) is 7.30. The van der Waals surface area contributed by atoms with Gasteiger partial charge in [-0.2, -0.15) is 5.26 Å². The minimum atomic E-state index is -0.290. The van der Waals surface area contributed by atoms with E-state index in [-0.39, 0.29) is 41.9 Å². The summed E-state index contributed by atoms with van der Waals surface area (Å²) in [7, 11) is 0. The van der Waals surface area contributed by atoms with Crippen LogP contribution in [0.5, 0.6) is 0 Å². The number of carbonyl (C=O) groups is 1. The number of rotatable bonds is 7. The van der Waals surface area contributed by atoms with Gasteiger partial charge in [0.25, 0.3) is 0 Å². The summed E-state index contributed by atoms with van der Waals surface area (Å²) in [5, 5.41) is 9.40. The molecule has 3 unspecified atom stereocenters. The highest BCUT2D eigenvalue weighted by Gasteiger charge is 2.53. The maximum absolute atomic E-state index is 13.6. The van der Waals surface area contributed by atoms with E-state index in [2.05, 4.69) is 22.4 Å². The van der Waals surface area contributed by atoms with E-state index in [0.717, 1.165) is 56.5 Å². The van der Waals surface area contributed by atoms with Crippen molar-refractivity contribution < 1.29 is 9.18 Å². The van der Waals surface area contributed by atoms with Gasteiger partial charge in [-0.25, -0.2) is 4.39 Å². The van der Waals surface area contributed by atoms with Gasteiger partial charge in [-0.15, -0.1) is 0 Å². The molecule has 33 heavy (non-hydrogen) atoms. The molecule has 4 aliphatic rings. The molecule has 2 N–H and O–H groups in total. The topological polar surface area (TPSA) is 76.6 Å². The Morgan fingerprint density at radius 3 is 2.61 bits per heavy atom. The number of nitrogens with zero attached hydrogens (tertiary/aromatic N) is 4. The maximum atomic E-state index is 13.6. The van der Waals surface area contributed by atoms with Crippen LogP contribution in [-0.2, 0) is 4.79 Å². The molecule has 1 aromatic carbocycles. The second kappa shape index (κ2) is 9.08. The van der Waals surface area contributed by atoms with Crippen molar-refractivity contribution in [3.63, 3.8) is 0 Å². The number of hydrogen-bond donors (Lipinski definition) is 1. The molecule has 7 heteroatoms. The number of benzene rings is 1. The van der Waals surface area contributed by atoms with E-state index in [1.807, 2.05) is 17.0 Å². The number of piperazine rings is 1. The monoisotopic (exact) mass is 451 g/mol. The first kappa shape index (κ1) is 22.4. The van der Waals surface area contributed by atoms with E-state index in [4.69, 9.17) is 5.73 Å². The Kier molecular flexibility index (Phi) is 6.15. The standard InChI is InChI=1S/C26H34FN5O/c1-17(31-12-4-7-21(31)14-28)23(29)16-30-15-22-13-24(30)26(33)32(22)25(18-5-2-3-6-18)19-8-10-20(27)11-9-19/h8-11,18,21-25H,1-7,12-13,15-16,29H2/t21?,22-,23?,24?,25-/m0/s1. The van der Waals surface area contributed by atoms with Crippen LogP contribution in [0.2, 0.25) is 0 Å². The molecule has 5 rings (SSSR count). The molecule has 3 saturated heterocycles. The Labute approximate surface area is 195 Å². The van der Waals surface area contributed by atoms with Gasteiger partial charge in [-0.05, 0) is 55.7 Å². The Morgan fingerprint density at radius 1 is 1.21 bits per heavy atom. The van der Waals surface area contributed by atoms with E-state index in [1.54, 1.807) is 0 Å². The van der Waals surface area contributed by atoms with Crippen molar-refractivity contribution in [1.82, 2.24) is 14.7 Å². The SMILES string of the molecule is C=C(C(N)CN1C[C@@H]2CC1C(=O)N2[C@H](c1ccc(F)cc1)C1CCCC1)N1CCCC1C#N. The first-order valence-electron chi connectivity index (χ1n) is 12.4. The minimum absolute atomic E-state index is 0.0300. The number of hydrogen-bond acceptors (Lipinski definition) is 5. The average molecular weight is 452 g/mol. The van der Waals surface area contributed by atoms with Gasteiger partial charge in [0.15, 0.2) is 0 Å². The zero-order chi connectivity index (χ0) is 23.1. The van der Waals surface area contributed by atoms with Crippen LogP contribution in [0.1, 0.15) is 56.6 Å². The van der Waals surface area contributed by atoms with Gasteiger partial charge in [0.1, 0.15) is 11.9 Å². The molecule has 176 valence electrons. The smallest absolute Gasteiger partial charge is 0.240 e.